The van der Waals surface area contributed by atoms with Gasteiger partial charge in [-0.3, -0.25) is 9.36 Å². The molecule has 1 amide bonds. The summed E-state index contributed by atoms with van der Waals surface area (Å²) in [5, 5.41) is 8.66. The van der Waals surface area contributed by atoms with Gasteiger partial charge in [-0.25, -0.2) is 0 Å². The third kappa shape index (κ3) is 3.26. The Kier molecular flexibility index (Phi) is 4.91. The van der Waals surface area contributed by atoms with Gasteiger partial charge in [0.15, 0.2) is 5.16 Å². The smallest absolute Gasteiger partial charge is 0.233 e. The number of aromatic nitrogens is 3. The topological polar surface area (TPSA) is 77.0 Å². The standard InChI is InChI=1S/C13H23N5OS/c1-9(2)18-12(14)15-16-13(18)20-8-11(19)17-7-5-4-6-10(17)3/h9-10H,4-8H2,1-3H3,(H2,14,15). The van der Waals surface area contributed by atoms with Gasteiger partial charge >= 0.3 is 0 Å². The second kappa shape index (κ2) is 6.47. The van der Waals surface area contributed by atoms with Gasteiger partial charge in [0.1, 0.15) is 0 Å². The first-order valence-electron chi connectivity index (χ1n) is 7.13. The van der Waals surface area contributed by atoms with Crippen molar-refractivity contribution in [2.75, 3.05) is 18.0 Å². The lowest BCUT2D eigenvalue weighted by molar-refractivity contribution is -0.131. The highest BCUT2D eigenvalue weighted by atomic mass is 32.2. The highest BCUT2D eigenvalue weighted by molar-refractivity contribution is 7.99. The van der Waals surface area contributed by atoms with Crippen LogP contribution in [0.3, 0.4) is 0 Å². The number of rotatable bonds is 4. The van der Waals surface area contributed by atoms with Gasteiger partial charge in [-0.1, -0.05) is 11.8 Å². The monoisotopic (exact) mass is 297 g/mol. The Bertz CT molecular complexity index is 473. The van der Waals surface area contributed by atoms with Crippen molar-refractivity contribution in [3.05, 3.63) is 0 Å². The van der Waals surface area contributed by atoms with E-state index in [1.165, 1.54) is 18.2 Å². The first-order chi connectivity index (χ1) is 9.50. The molecule has 1 atom stereocenters. The molecule has 0 saturated carbocycles. The number of anilines is 1. The fraction of sp³-hybridized carbons (Fsp3) is 0.769. The molecule has 1 unspecified atom stereocenters. The maximum atomic E-state index is 12.3. The van der Waals surface area contributed by atoms with E-state index in [-0.39, 0.29) is 11.9 Å². The average molecular weight is 297 g/mol. The molecule has 1 fully saturated rings. The van der Waals surface area contributed by atoms with E-state index in [1.54, 1.807) is 0 Å². The molecule has 2 heterocycles. The molecule has 0 bridgehead atoms. The summed E-state index contributed by atoms with van der Waals surface area (Å²) in [6.07, 6.45) is 3.43. The highest BCUT2D eigenvalue weighted by Crippen LogP contribution is 2.24. The van der Waals surface area contributed by atoms with Crippen molar-refractivity contribution in [3.63, 3.8) is 0 Å². The fourth-order valence-corrected chi connectivity index (χ4v) is 3.51. The third-order valence-corrected chi connectivity index (χ3v) is 4.58. The molecular formula is C13H23N5OS. The van der Waals surface area contributed by atoms with E-state index in [2.05, 4.69) is 17.1 Å². The van der Waals surface area contributed by atoms with E-state index < -0.39 is 0 Å². The van der Waals surface area contributed by atoms with Gasteiger partial charge in [0.25, 0.3) is 0 Å². The molecule has 0 aromatic carbocycles. The molecular weight excluding hydrogens is 274 g/mol. The zero-order valence-corrected chi connectivity index (χ0v) is 13.2. The van der Waals surface area contributed by atoms with Crippen molar-refractivity contribution < 1.29 is 4.79 Å². The van der Waals surface area contributed by atoms with Gasteiger partial charge in [0.2, 0.25) is 11.9 Å². The Labute approximate surface area is 124 Å². The molecule has 2 rings (SSSR count). The Balaban J connectivity index is 1.96. The van der Waals surface area contributed by atoms with Crippen LogP contribution in [0, 0.1) is 0 Å². The Morgan fingerprint density at radius 2 is 2.20 bits per heavy atom. The van der Waals surface area contributed by atoms with Crippen LogP contribution in [0.1, 0.15) is 46.1 Å². The summed E-state index contributed by atoms with van der Waals surface area (Å²) in [6.45, 7) is 7.05. The van der Waals surface area contributed by atoms with E-state index in [9.17, 15) is 4.79 Å². The number of thioether (sulfide) groups is 1. The summed E-state index contributed by atoms with van der Waals surface area (Å²) in [5.74, 6) is 0.982. The molecule has 2 N–H and O–H groups in total. The molecule has 0 aliphatic carbocycles. The molecule has 1 aromatic rings. The van der Waals surface area contributed by atoms with Crippen LogP contribution in [0.5, 0.6) is 0 Å². The molecule has 0 radical (unpaired) electrons. The molecule has 20 heavy (non-hydrogen) atoms. The predicted molar refractivity (Wildman–Crippen MR) is 80.6 cm³/mol. The molecule has 1 saturated heterocycles. The molecule has 1 aliphatic heterocycles. The van der Waals surface area contributed by atoms with Crippen molar-refractivity contribution in [1.29, 1.82) is 0 Å². The number of piperidine rings is 1. The molecule has 112 valence electrons. The van der Waals surface area contributed by atoms with Gasteiger partial charge in [-0.2, -0.15) is 0 Å². The highest BCUT2D eigenvalue weighted by Gasteiger charge is 2.24. The van der Waals surface area contributed by atoms with Crippen LogP contribution in [0.25, 0.3) is 0 Å². The maximum absolute atomic E-state index is 12.3. The quantitative estimate of drug-likeness (QED) is 0.859. The van der Waals surface area contributed by atoms with Crippen LogP contribution in [0.4, 0.5) is 5.95 Å². The molecule has 0 spiro atoms. The van der Waals surface area contributed by atoms with E-state index in [0.717, 1.165) is 24.5 Å². The van der Waals surface area contributed by atoms with Gasteiger partial charge in [-0.15, -0.1) is 10.2 Å². The summed E-state index contributed by atoms with van der Waals surface area (Å²) >= 11 is 1.42. The number of nitrogen functional groups attached to an aromatic ring is 1. The maximum Gasteiger partial charge on any atom is 0.233 e. The summed E-state index contributed by atoms with van der Waals surface area (Å²) in [4.78, 5) is 14.3. The van der Waals surface area contributed by atoms with E-state index >= 15 is 0 Å². The van der Waals surface area contributed by atoms with E-state index in [0.29, 0.717) is 17.7 Å². The van der Waals surface area contributed by atoms with Crippen molar-refractivity contribution in [2.24, 2.45) is 0 Å². The largest absolute Gasteiger partial charge is 0.368 e. The minimum atomic E-state index is 0.180. The van der Waals surface area contributed by atoms with Crippen LogP contribution >= 0.6 is 11.8 Å². The first kappa shape index (κ1) is 15.2. The number of likely N-dealkylation sites (tertiary alicyclic amines) is 1. The molecule has 6 nitrogen and oxygen atoms in total. The van der Waals surface area contributed by atoms with Crippen LogP contribution < -0.4 is 5.73 Å². The first-order valence-corrected chi connectivity index (χ1v) is 8.12. The summed E-state index contributed by atoms with van der Waals surface area (Å²) in [5.41, 5.74) is 5.79. The minimum absolute atomic E-state index is 0.180. The fourth-order valence-electron chi connectivity index (χ4n) is 2.55. The third-order valence-electron chi connectivity index (χ3n) is 3.66. The SMILES string of the molecule is CC1CCCCN1C(=O)CSc1nnc(N)n1C(C)C. The van der Waals surface area contributed by atoms with Crippen LogP contribution in [-0.2, 0) is 4.79 Å². The lowest BCUT2D eigenvalue weighted by Crippen LogP contribution is -2.43. The Morgan fingerprint density at radius 1 is 1.45 bits per heavy atom. The van der Waals surface area contributed by atoms with Crippen LogP contribution in [-0.4, -0.2) is 43.9 Å². The number of amides is 1. The number of carbonyl (C=O) groups excluding carboxylic acids is 1. The van der Waals surface area contributed by atoms with E-state index in [4.69, 9.17) is 5.73 Å². The van der Waals surface area contributed by atoms with Gasteiger partial charge < -0.3 is 10.6 Å². The lowest BCUT2D eigenvalue weighted by Gasteiger charge is -2.33. The molecule has 7 heteroatoms. The van der Waals surface area contributed by atoms with Gasteiger partial charge in [0, 0.05) is 18.6 Å². The Hall–Kier alpha value is -1.24. The van der Waals surface area contributed by atoms with Gasteiger partial charge in [0.05, 0.1) is 5.75 Å². The van der Waals surface area contributed by atoms with Crippen molar-refractivity contribution in [3.8, 4) is 0 Å². The Morgan fingerprint density at radius 3 is 2.85 bits per heavy atom. The second-order valence-electron chi connectivity index (χ2n) is 5.53. The summed E-state index contributed by atoms with van der Waals surface area (Å²) in [6, 6.07) is 0.543. The zero-order valence-electron chi connectivity index (χ0n) is 12.4. The minimum Gasteiger partial charge on any atom is -0.368 e. The van der Waals surface area contributed by atoms with Gasteiger partial charge in [-0.05, 0) is 40.0 Å². The average Bonchev–Trinajstić information content (AvgIpc) is 2.78. The number of carbonyl (C=O) groups is 1. The van der Waals surface area contributed by atoms with Crippen molar-refractivity contribution in [2.45, 2.75) is 57.3 Å². The summed E-state index contributed by atoms with van der Waals surface area (Å²) in [7, 11) is 0. The van der Waals surface area contributed by atoms with E-state index in [1.807, 2.05) is 23.3 Å². The van der Waals surface area contributed by atoms with Crippen LogP contribution in [0.2, 0.25) is 0 Å². The van der Waals surface area contributed by atoms with Crippen molar-refractivity contribution >= 4 is 23.6 Å². The number of hydrogen-bond donors (Lipinski definition) is 1. The summed E-state index contributed by atoms with van der Waals surface area (Å²) < 4.78 is 1.86. The number of nitrogens with zero attached hydrogens (tertiary/aromatic N) is 4. The molecule has 1 aliphatic rings. The zero-order chi connectivity index (χ0) is 14.7. The second-order valence-corrected chi connectivity index (χ2v) is 6.47. The van der Waals surface area contributed by atoms with Crippen LogP contribution in [0.15, 0.2) is 5.16 Å². The van der Waals surface area contributed by atoms with Crippen molar-refractivity contribution in [1.82, 2.24) is 19.7 Å². The number of nitrogens with two attached hydrogens (primary N) is 1. The number of hydrogen-bond acceptors (Lipinski definition) is 5. The molecule has 1 aromatic heterocycles. The normalized spacial score (nSPS) is 19.6. The lowest BCUT2D eigenvalue weighted by atomic mass is 10.0. The predicted octanol–water partition coefficient (Wildman–Crippen LogP) is 1.93.